The van der Waals surface area contributed by atoms with Crippen molar-refractivity contribution in [1.82, 2.24) is 4.90 Å². The second-order valence-corrected chi connectivity index (χ2v) is 5.14. The van der Waals surface area contributed by atoms with Crippen molar-refractivity contribution in [2.24, 2.45) is 11.8 Å². The first-order chi connectivity index (χ1) is 7.59. The zero-order chi connectivity index (χ0) is 11.7. The predicted molar refractivity (Wildman–Crippen MR) is 58.9 cm³/mol. The lowest BCUT2D eigenvalue weighted by atomic mass is 9.90. The van der Waals surface area contributed by atoms with Gasteiger partial charge in [-0.25, -0.2) is 4.79 Å². The number of carbonyl (C=O) groups is 2. The average molecular weight is 225 g/mol. The number of amides is 1. The van der Waals surface area contributed by atoms with E-state index in [1.807, 2.05) is 6.92 Å². The van der Waals surface area contributed by atoms with Crippen molar-refractivity contribution in [3.63, 3.8) is 0 Å². The molecule has 1 aliphatic carbocycles. The van der Waals surface area contributed by atoms with Crippen LogP contribution < -0.4 is 0 Å². The number of rotatable bonds is 3. The molecule has 4 nitrogen and oxygen atoms in total. The van der Waals surface area contributed by atoms with E-state index in [1.165, 1.54) is 0 Å². The number of piperidine rings is 1. The number of hydrogen-bond donors (Lipinski definition) is 1. The van der Waals surface area contributed by atoms with Crippen molar-refractivity contribution >= 4 is 11.9 Å². The van der Waals surface area contributed by atoms with Gasteiger partial charge in [0.1, 0.15) is 6.04 Å². The first kappa shape index (κ1) is 11.4. The summed E-state index contributed by atoms with van der Waals surface area (Å²) in [5.74, 6) is -0.202. The number of carbonyl (C=O) groups excluding carboxylic acids is 1. The third kappa shape index (κ3) is 2.36. The number of carboxylic acid groups (broad SMARTS) is 1. The van der Waals surface area contributed by atoms with Crippen LogP contribution in [0.25, 0.3) is 0 Å². The molecular formula is C12H19NO3. The fourth-order valence-corrected chi connectivity index (χ4v) is 2.53. The summed E-state index contributed by atoms with van der Waals surface area (Å²) in [4.78, 5) is 24.8. The van der Waals surface area contributed by atoms with Crippen molar-refractivity contribution in [3.05, 3.63) is 0 Å². The maximum atomic E-state index is 12.0. The van der Waals surface area contributed by atoms with E-state index in [4.69, 9.17) is 0 Å². The van der Waals surface area contributed by atoms with E-state index < -0.39 is 12.0 Å². The molecule has 1 N–H and O–H groups in total. The van der Waals surface area contributed by atoms with Gasteiger partial charge in [-0.1, -0.05) is 6.92 Å². The number of aliphatic carboxylic acids is 1. The number of carboxylic acids is 1. The first-order valence-electron chi connectivity index (χ1n) is 6.12. The number of hydrogen-bond acceptors (Lipinski definition) is 2. The van der Waals surface area contributed by atoms with Crippen LogP contribution in [0.15, 0.2) is 0 Å². The highest BCUT2D eigenvalue weighted by Gasteiger charge is 2.38. The Morgan fingerprint density at radius 1 is 1.31 bits per heavy atom. The fraction of sp³-hybridized carbons (Fsp3) is 0.833. The van der Waals surface area contributed by atoms with Gasteiger partial charge in [0.05, 0.1) is 0 Å². The van der Waals surface area contributed by atoms with E-state index in [0.717, 1.165) is 25.7 Å². The molecule has 2 rings (SSSR count). The van der Waals surface area contributed by atoms with Gasteiger partial charge in [-0.05, 0) is 37.5 Å². The molecule has 2 unspecified atom stereocenters. The van der Waals surface area contributed by atoms with Gasteiger partial charge in [0.15, 0.2) is 0 Å². The Hall–Kier alpha value is -1.06. The van der Waals surface area contributed by atoms with Crippen LogP contribution >= 0.6 is 0 Å². The molecule has 1 saturated heterocycles. The van der Waals surface area contributed by atoms with Crippen LogP contribution in [0.1, 0.15) is 39.0 Å². The van der Waals surface area contributed by atoms with Crippen LogP contribution in [0.4, 0.5) is 0 Å². The molecule has 0 spiro atoms. The molecule has 0 radical (unpaired) electrons. The highest BCUT2D eigenvalue weighted by atomic mass is 16.4. The first-order valence-corrected chi connectivity index (χ1v) is 6.12. The van der Waals surface area contributed by atoms with Crippen molar-refractivity contribution in [3.8, 4) is 0 Å². The number of likely N-dealkylation sites (tertiary alicyclic amines) is 1. The summed E-state index contributed by atoms with van der Waals surface area (Å²) in [6.07, 6.45) is 4.65. The Morgan fingerprint density at radius 2 is 2.00 bits per heavy atom. The molecule has 0 bridgehead atoms. The molecule has 16 heavy (non-hydrogen) atoms. The molecule has 0 aromatic carbocycles. The highest BCUT2D eigenvalue weighted by Crippen LogP contribution is 2.34. The minimum atomic E-state index is -0.851. The van der Waals surface area contributed by atoms with E-state index in [9.17, 15) is 14.7 Å². The van der Waals surface area contributed by atoms with Gasteiger partial charge < -0.3 is 10.0 Å². The summed E-state index contributed by atoms with van der Waals surface area (Å²) >= 11 is 0. The molecule has 0 aromatic heterocycles. The Labute approximate surface area is 95.6 Å². The van der Waals surface area contributed by atoms with E-state index >= 15 is 0 Å². The lowest BCUT2D eigenvalue weighted by molar-refractivity contribution is -0.154. The van der Waals surface area contributed by atoms with Crippen LogP contribution in [-0.2, 0) is 9.59 Å². The molecule has 90 valence electrons. The van der Waals surface area contributed by atoms with Gasteiger partial charge in [-0.2, -0.15) is 0 Å². The van der Waals surface area contributed by atoms with E-state index in [2.05, 4.69) is 0 Å². The normalized spacial score (nSPS) is 30.2. The Morgan fingerprint density at radius 3 is 2.56 bits per heavy atom. The molecular weight excluding hydrogens is 206 g/mol. The zero-order valence-electron chi connectivity index (χ0n) is 9.69. The molecule has 1 aliphatic heterocycles. The van der Waals surface area contributed by atoms with Crippen molar-refractivity contribution in [2.45, 2.75) is 45.1 Å². The lowest BCUT2D eigenvalue weighted by Gasteiger charge is -2.37. The molecule has 1 heterocycles. The van der Waals surface area contributed by atoms with Crippen LogP contribution in [0.3, 0.4) is 0 Å². The molecule has 1 saturated carbocycles. The highest BCUT2D eigenvalue weighted by molar-refractivity contribution is 5.84. The third-order valence-corrected chi connectivity index (χ3v) is 3.67. The summed E-state index contributed by atoms with van der Waals surface area (Å²) in [5, 5.41) is 9.18. The largest absolute Gasteiger partial charge is 0.480 e. The predicted octanol–water partition coefficient (Wildman–Crippen LogP) is 1.50. The van der Waals surface area contributed by atoms with Crippen molar-refractivity contribution in [1.29, 1.82) is 0 Å². The number of nitrogens with zero attached hydrogens (tertiary/aromatic N) is 1. The summed E-state index contributed by atoms with van der Waals surface area (Å²) in [5.41, 5.74) is 0. The van der Waals surface area contributed by atoms with Crippen LogP contribution in [0.2, 0.25) is 0 Å². The van der Waals surface area contributed by atoms with Gasteiger partial charge in [-0.15, -0.1) is 0 Å². The standard InChI is InChI=1S/C12H19NO3/c1-8-3-2-6-13(11(8)12(15)16)10(14)7-9-4-5-9/h8-9,11H,2-7H2,1H3,(H,15,16). The Balaban J connectivity index is 2.03. The summed E-state index contributed by atoms with van der Waals surface area (Å²) < 4.78 is 0. The van der Waals surface area contributed by atoms with Gasteiger partial charge in [0.25, 0.3) is 0 Å². The van der Waals surface area contributed by atoms with Gasteiger partial charge in [0, 0.05) is 13.0 Å². The Kier molecular flexibility index (Phi) is 3.17. The molecule has 1 amide bonds. The minimum Gasteiger partial charge on any atom is -0.480 e. The Bertz CT molecular complexity index is 299. The molecule has 2 fully saturated rings. The van der Waals surface area contributed by atoms with Crippen molar-refractivity contribution < 1.29 is 14.7 Å². The van der Waals surface area contributed by atoms with E-state index in [1.54, 1.807) is 4.90 Å². The van der Waals surface area contributed by atoms with Gasteiger partial charge in [0.2, 0.25) is 5.91 Å². The quantitative estimate of drug-likeness (QED) is 0.791. The second kappa shape index (κ2) is 4.44. The second-order valence-electron chi connectivity index (χ2n) is 5.14. The average Bonchev–Trinajstić information content (AvgIpc) is 3.00. The third-order valence-electron chi connectivity index (χ3n) is 3.67. The van der Waals surface area contributed by atoms with E-state index in [0.29, 0.717) is 18.9 Å². The molecule has 4 heteroatoms. The SMILES string of the molecule is CC1CCCN(C(=O)CC2CC2)C1C(=O)O. The monoisotopic (exact) mass is 225 g/mol. The maximum absolute atomic E-state index is 12.0. The molecule has 2 atom stereocenters. The summed E-state index contributed by atoms with van der Waals surface area (Å²) in [6.45, 7) is 2.54. The van der Waals surface area contributed by atoms with E-state index in [-0.39, 0.29) is 11.8 Å². The van der Waals surface area contributed by atoms with Crippen LogP contribution in [-0.4, -0.2) is 34.5 Å². The fourth-order valence-electron chi connectivity index (χ4n) is 2.53. The maximum Gasteiger partial charge on any atom is 0.326 e. The van der Waals surface area contributed by atoms with Crippen LogP contribution in [0.5, 0.6) is 0 Å². The van der Waals surface area contributed by atoms with Crippen molar-refractivity contribution in [2.75, 3.05) is 6.54 Å². The van der Waals surface area contributed by atoms with Crippen LogP contribution in [0, 0.1) is 11.8 Å². The molecule has 0 aromatic rings. The lowest BCUT2D eigenvalue weighted by Crippen LogP contribution is -2.52. The van der Waals surface area contributed by atoms with Gasteiger partial charge in [-0.3, -0.25) is 4.79 Å². The zero-order valence-corrected chi connectivity index (χ0v) is 9.69. The van der Waals surface area contributed by atoms with Gasteiger partial charge >= 0.3 is 5.97 Å². The summed E-state index contributed by atoms with van der Waals surface area (Å²) in [6, 6.07) is -0.597. The smallest absolute Gasteiger partial charge is 0.326 e. The minimum absolute atomic E-state index is 0.0430. The summed E-state index contributed by atoms with van der Waals surface area (Å²) in [7, 11) is 0. The molecule has 2 aliphatic rings. The topological polar surface area (TPSA) is 57.6 Å².